The molecule has 4 rings (SSSR count). The molecule has 3 N–H and O–H groups in total. The molecule has 10 heteroatoms. The lowest BCUT2D eigenvalue weighted by Gasteiger charge is -2.44. The zero-order chi connectivity index (χ0) is 23.0. The minimum absolute atomic E-state index is 0.117. The molecule has 0 aliphatic carbocycles. The third-order valence-corrected chi connectivity index (χ3v) is 5.79. The van der Waals surface area contributed by atoms with E-state index in [1.807, 2.05) is 30.3 Å². The number of aromatic nitrogens is 2. The number of benzene rings is 1. The molecule has 2 aromatic rings. The average Bonchev–Trinajstić information content (AvgIpc) is 2.82. The summed E-state index contributed by atoms with van der Waals surface area (Å²) in [5.41, 5.74) is 1.41. The van der Waals surface area contributed by atoms with Gasteiger partial charge in [0.25, 0.3) is 0 Å². The third kappa shape index (κ3) is 6.47. The SMILES string of the molecule is O=C(C[C@@H]1CC[C@@H]2[C@H](COC[C@H](O)CN2C(=O)Nc2ccccc2)O1)NCc1ccncn1. The molecule has 0 spiro atoms. The number of anilines is 1. The maximum atomic E-state index is 13.0. The largest absolute Gasteiger partial charge is 0.389 e. The van der Waals surface area contributed by atoms with Crippen LogP contribution in [0.1, 0.15) is 25.0 Å². The van der Waals surface area contributed by atoms with E-state index >= 15 is 0 Å². The van der Waals surface area contributed by atoms with Crippen molar-refractivity contribution in [3.8, 4) is 0 Å². The highest BCUT2D eigenvalue weighted by Crippen LogP contribution is 2.28. The predicted octanol–water partition coefficient (Wildman–Crippen LogP) is 1.32. The summed E-state index contributed by atoms with van der Waals surface area (Å²) in [7, 11) is 0. The summed E-state index contributed by atoms with van der Waals surface area (Å²) in [5, 5.41) is 16.0. The molecular weight excluding hydrogens is 426 g/mol. The number of carbonyl (C=O) groups excluding carboxylic acids is 2. The van der Waals surface area contributed by atoms with Crippen LogP contribution in [0.2, 0.25) is 0 Å². The second-order valence-corrected chi connectivity index (χ2v) is 8.26. The Morgan fingerprint density at radius 1 is 1.15 bits per heavy atom. The van der Waals surface area contributed by atoms with Gasteiger partial charge in [-0.15, -0.1) is 0 Å². The molecule has 0 bridgehead atoms. The van der Waals surface area contributed by atoms with Crippen molar-refractivity contribution in [1.82, 2.24) is 20.2 Å². The lowest BCUT2D eigenvalue weighted by Crippen LogP contribution is -2.58. The van der Waals surface area contributed by atoms with Crippen LogP contribution >= 0.6 is 0 Å². The van der Waals surface area contributed by atoms with Crippen LogP contribution in [0.4, 0.5) is 10.5 Å². The molecule has 1 aromatic heterocycles. The van der Waals surface area contributed by atoms with Crippen molar-refractivity contribution >= 4 is 17.6 Å². The number of nitrogens with one attached hydrogen (secondary N) is 2. The second-order valence-electron chi connectivity index (χ2n) is 8.26. The minimum atomic E-state index is -0.780. The molecule has 4 atom stereocenters. The lowest BCUT2D eigenvalue weighted by molar-refractivity contribution is -0.149. The quantitative estimate of drug-likeness (QED) is 0.621. The van der Waals surface area contributed by atoms with E-state index in [0.29, 0.717) is 25.1 Å². The number of carbonyl (C=O) groups is 2. The van der Waals surface area contributed by atoms with Gasteiger partial charge in [0, 0.05) is 11.9 Å². The van der Waals surface area contributed by atoms with E-state index in [0.717, 1.165) is 5.69 Å². The zero-order valence-corrected chi connectivity index (χ0v) is 18.3. The standard InChI is InChI=1S/C23H29N5O5/c29-18-12-28(23(31)27-16-4-2-1-3-5-16)20-7-6-19(33-21(20)14-32-13-18)10-22(30)25-11-17-8-9-24-15-26-17/h1-5,8-9,15,18-21,29H,6-7,10-14H2,(H,25,30)(H,27,31)/t18-,19+,20-,21+/m1/s1. The number of β-amino-alcohol motifs (C(OH)–C–C–N with tert-alkyl or cyclic N) is 1. The molecule has 10 nitrogen and oxygen atoms in total. The Bertz CT molecular complexity index is 916. The summed E-state index contributed by atoms with van der Waals surface area (Å²) in [6, 6.07) is 10.4. The molecule has 0 radical (unpaired) electrons. The molecular formula is C23H29N5O5. The van der Waals surface area contributed by atoms with Crippen LogP contribution in [0.5, 0.6) is 0 Å². The van der Waals surface area contributed by atoms with Crippen LogP contribution in [0, 0.1) is 0 Å². The topological polar surface area (TPSA) is 126 Å². The summed E-state index contributed by atoms with van der Waals surface area (Å²) in [5.74, 6) is -0.127. The fraction of sp³-hybridized carbons (Fsp3) is 0.478. The highest BCUT2D eigenvalue weighted by Gasteiger charge is 2.40. The maximum Gasteiger partial charge on any atom is 0.322 e. The number of para-hydroxylation sites is 1. The first kappa shape index (κ1) is 23.1. The van der Waals surface area contributed by atoms with Gasteiger partial charge in [0.2, 0.25) is 5.91 Å². The van der Waals surface area contributed by atoms with Crippen LogP contribution in [0.3, 0.4) is 0 Å². The Morgan fingerprint density at radius 3 is 2.79 bits per heavy atom. The van der Waals surface area contributed by atoms with Crippen LogP contribution < -0.4 is 10.6 Å². The van der Waals surface area contributed by atoms with E-state index in [2.05, 4.69) is 20.6 Å². The first-order chi connectivity index (χ1) is 16.1. The minimum Gasteiger partial charge on any atom is -0.389 e. The average molecular weight is 456 g/mol. The Balaban J connectivity index is 1.35. The molecule has 33 heavy (non-hydrogen) atoms. The van der Waals surface area contributed by atoms with E-state index in [9.17, 15) is 14.7 Å². The van der Waals surface area contributed by atoms with E-state index in [4.69, 9.17) is 9.47 Å². The number of aliphatic hydroxyl groups excluding tert-OH is 1. The summed E-state index contributed by atoms with van der Waals surface area (Å²) in [6.07, 6.45) is 3.11. The fourth-order valence-corrected chi connectivity index (χ4v) is 4.18. The summed E-state index contributed by atoms with van der Waals surface area (Å²) in [4.78, 5) is 35.0. The molecule has 176 valence electrons. The van der Waals surface area contributed by atoms with Gasteiger partial charge in [-0.05, 0) is 31.0 Å². The van der Waals surface area contributed by atoms with Gasteiger partial charge in [0.1, 0.15) is 12.4 Å². The van der Waals surface area contributed by atoms with Crippen molar-refractivity contribution in [3.05, 3.63) is 54.6 Å². The highest BCUT2D eigenvalue weighted by atomic mass is 16.5. The van der Waals surface area contributed by atoms with E-state index in [1.54, 1.807) is 17.2 Å². The smallest absolute Gasteiger partial charge is 0.322 e. The summed E-state index contributed by atoms with van der Waals surface area (Å²) in [6.45, 7) is 0.837. The molecule has 2 aliphatic rings. The van der Waals surface area contributed by atoms with Gasteiger partial charge in [0.05, 0.1) is 56.7 Å². The number of urea groups is 1. The predicted molar refractivity (Wildman–Crippen MR) is 119 cm³/mol. The molecule has 0 saturated carbocycles. The Hall–Kier alpha value is -3.08. The highest BCUT2D eigenvalue weighted by molar-refractivity contribution is 5.89. The molecule has 2 fully saturated rings. The Labute approximate surface area is 192 Å². The number of aliphatic hydroxyl groups is 1. The van der Waals surface area contributed by atoms with Crippen LogP contribution in [-0.2, 0) is 20.8 Å². The van der Waals surface area contributed by atoms with Gasteiger partial charge < -0.3 is 30.1 Å². The van der Waals surface area contributed by atoms with Crippen LogP contribution in [0.15, 0.2) is 48.9 Å². The van der Waals surface area contributed by atoms with E-state index in [-0.39, 0.29) is 56.4 Å². The maximum absolute atomic E-state index is 13.0. The normalized spacial score (nSPS) is 25.3. The van der Waals surface area contributed by atoms with Crippen LogP contribution in [0.25, 0.3) is 0 Å². The number of ether oxygens (including phenoxy) is 2. The first-order valence-electron chi connectivity index (χ1n) is 11.1. The lowest BCUT2D eigenvalue weighted by atomic mass is 9.95. The van der Waals surface area contributed by atoms with Crippen molar-refractivity contribution in [1.29, 1.82) is 0 Å². The van der Waals surface area contributed by atoms with Crippen LogP contribution in [-0.4, -0.2) is 76.0 Å². The van der Waals surface area contributed by atoms with Crippen molar-refractivity contribution < 1.29 is 24.2 Å². The van der Waals surface area contributed by atoms with Crippen molar-refractivity contribution in [2.24, 2.45) is 0 Å². The van der Waals surface area contributed by atoms with Gasteiger partial charge in [0.15, 0.2) is 0 Å². The number of amides is 3. The van der Waals surface area contributed by atoms with Crippen molar-refractivity contribution in [2.45, 2.75) is 50.2 Å². The molecule has 0 unspecified atom stereocenters. The third-order valence-electron chi connectivity index (χ3n) is 5.79. The number of nitrogens with zero attached hydrogens (tertiary/aromatic N) is 3. The van der Waals surface area contributed by atoms with E-state index < -0.39 is 6.10 Å². The van der Waals surface area contributed by atoms with E-state index in [1.165, 1.54) is 6.33 Å². The molecule has 1 aromatic carbocycles. The number of hydrogen-bond acceptors (Lipinski definition) is 7. The van der Waals surface area contributed by atoms with Crippen molar-refractivity contribution in [2.75, 3.05) is 25.1 Å². The first-order valence-corrected chi connectivity index (χ1v) is 11.1. The van der Waals surface area contributed by atoms with Gasteiger partial charge in [-0.1, -0.05) is 18.2 Å². The summed E-state index contributed by atoms with van der Waals surface area (Å²) >= 11 is 0. The number of hydrogen-bond donors (Lipinski definition) is 3. The van der Waals surface area contributed by atoms with Gasteiger partial charge in [-0.2, -0.15) is 0 Å². The Morgan fingerprint density at radius 2 is 2.00 bits per heavy atom. The second kappa shape index (κ2) is 11.2. The zero-order valence-electron chi connectivity index (χ0n) is 18.3. The summed E-state index contributed by atoms with van der Waals surface area (Å²) < 4.78 is 11.8. The van der Waals surface area contributed by atoms with Gasteiger partial charge in [-0.25, -0.2) is 14.8 Å². The monoisotopic (exact) mass is 455 g/mol. The molecule has 3 heterocycles. The molecule has 3 amide bonds. The fourth-order valence-electron chi connectivity index (χ4n) is 4.18. The molecule has 2 saturated heterocycles. The Kier molecular flexibility index (Phi) is 7.82. The van der Waals surface area contributed by atoms with Crippen molar-refractivity contribution in [3.63, 3.8) is 0 Å². The molecule has 2 aliphatic heterocycles. The number of rotatable bonds is 5. The van der Waals surface area contributed by atoms with Gasteiger partial charge >= 0.3 is 6.03 Å². The number of fused-ring (bicyclic) bond motifs is 1. The van der Waals surface area contributed by atoms with Gasteiger partial charge in [-0.3, -0.25) is 4.79 Å².